The highest BCUT2D eigenvalue weighted by atomic mass is 19.1. The van der Waals surface area contributed by atoms with Gasteiger partial charge in [-0.05, 0) is 12.1 Å². The summed E-state index contributed by atoms with van der Waals surface area (Å²) in [6.07, 6.45) is 7.16. The first kappa shape index (κ1) is 14.6. The number of halogens is 2. The molecular formula is C15H12F2N4. The standard InChI is InChI=1S/C15H12F2N4/c1-2-3-4-5-11(16)6-7-21-15-13(14(9-18)20-21)8-12(17)10-19-15/h2-5,8,10H,1,6-7H2/b4-3-,11-5+. The van der Waals surface area contributed by atoms with Crippen LogP contribution in [0.25, 0.3) is 11.0 Å². The van der Waals surface area contributed by atoms with Gasteiger partial charge in [-0.2, -0.15) is 10.4 Å². The van der Waals surface area contributed by atoms with Gasteiger partial charge >= 0.3 is 0 Å². The summed E-state index contributed by atoms with van der Waals surface area (Å²) in [6, 6.07) is 3.08. The minimum Gasteiger partial charge on any atom is -0.246 e. The number of nitriles is 1. The molecule has 0 N–H and O–H groups in total. The van der Waals surface area contributed by atoms with Crippen LogP contribution in [0.4, 0.5) is 8.78 Å². The lowest BCUT2D eigenvalue weighted by atomic mass is 10.3. The number of pyridine rings is 1. The van der Waals surface area contributed by atoms with E-state index in [1.54, 1.807) is 12.2 Å². The van der Waals surface area contributed by atoms with Crippen LogP contribution < -0.4 is 0 Å². The third kappa shape index (κ3) is 3.39. The fourth-order valence-electron chi connectivity index (χ4n) is 1.81. The van der Waals surface area contributed by atoms with E-state index in [-0.39, 0.29) is 24.5 Å². The lowest BCUT2D eigenvalue weighted by Gasteiger charge is -2.00. The molecule has 0 aromatic carbocycles. The zero-order valence-electron chi connectivity index (χ0n) is 11.1. The molecule has 2 rings (SSSR count). The lowest BCUT2D eigenvalue weighted by molar-refractivity contribution is 0.529. The van der Waals surface area contributed by atoms with Gasteiger partial charge in [-0.3, -0.25) is 0 Å². The van der Waals surface area contributed by atoms with Gasteiger partial charge in [0.1, 0.15) is 17.7 Å². The Labute approximate surface area is 120 Å². The van der Waals surface area contributed by atoms with Gasteiger partial charge in [0.15, 0.2) is 11.3 Å². The number of aryl methyl sites for hydroxylation is 1. The normalized spacial score (nSPS) is 12.0. The van der Waals surface area contributed by atoms with Gasteiger partial charge in [-0.25, -0.2) is 18.4 Å². The van der Waals surface area contributed by atoms with E-state index in [0.717, 1.165) is 6.20 Å². The average molecular weight is 286 g/mol. The maximum Gasteiger partial charge on any atom is 0.172 e. The molecule has 4 nitrogen and oxygen atoms in total. The molecule has 0 aliphatic carbocycles. The van der Waals surface area contributed by atoms with Gasteiger partial charge < -0.3 is 0 Å². The van der Waals surface area contributed by atoms with E-state index in [0.29, 0.717) is 11.0 Å². The molecule has 0 aliphatic heterocycles. The first-order valence-corrected chi connectivity index (χ1v) is 6.21. The van der Waals surface area contributed by atoms with Crippen molar-refractivity contribution in [2.45, 2.75) is 13.0 Å². The molecule has 0 saturated carbocycles. The molecule has 0 fully saturated rings. The smallest absolute Gasteiger partial charge is 0.172 e. The van der Waals surface area contributed by atoms with E-state index in [9.17, 15) is 8.78 Å². The molecule has 2 aromatic rings. The second kappa shape index (κ2) is 6.57. The molecule has 106 valence electrons. The molecule has 0 aliphatic rings. The lowest BCUT2D eigenvalue weighted by Crippen LogP contribution is -2.01. The van der Waals surface area contributed by atoms with Gasteiger partial charge in [-0.15, -0.1) is 0 Å². The van der Waals surface area contributed by atoms with E-state index in [1.807, 2.05) is 6.07 Å². The minimum atomic E-state index is -0.542. The Bertz CT molecular complexity index is 766. The summed E-state index contributed by atoms with van der Waals surface area (Å²) in [5, 5.41) is 13.3. The summed E-state index contributed by atoms with van der Waals surface area (Å²) in [4.78, 5) is 3.91. The monoisotopic (exact) mass is 286 g/mol. The van der Waals surface area contributed by atoms with Crippen molar-refractivity contribution in [3.05, 3.63) is 60.5 Å². The molecule has 0 saturated heterocycles. The Hall–Kier alpha value is -2.81. The number of rotatable bonds is 5. The van der Waals surface area contributed by atoms with Crippen LogP contribution in [0.1, 0.15) is 12.1 Å². The highest BCUT2D eigenvalue weighted by Crippen LogP contribution is 2.18. The maximum absolute atomic E-state index is 13.6. The fraction of sp³-hybridized carbons (Fsp3) is 0.133. The molecule has 6 heteroatoms. The van der Waals surface area contributed by atoms with Gasteiger partial charge in [0.2, 0.25) is 0 Å². The van der Waals surface area contributed by atoms with Crippen LogP contribution in [0, 0.1) is 17.1 Å². The summed E-state index contributed by atoms with van der Waals surface area (Å²) >= 11 is 0. The van der Waals surface area contributed by atoms with Crippen LogP contribution in [0.3, 0.4) is 0 Å². The predicted octanol–water partition coefficient (Wildman–Crippen LogP) is 3.43. The predicted molar refractivity (Wildman–Crippen MR) is 75.3 cm³/mol. The van der Waals surface area contributed by atoms with Gasteiger partial charge in [0.25, 0.3) is 0 Å². The molecular weight excluding hydrogens is 274 g/mol. The fourth-order valence-corrected chi connectivity index (χ4v) is 1.81. The molecule has 21 heavy (non-hydrogen) atoms. The minimum absolute atomic E-state index is 0.0768. The van der Waals surface area contributed by atoms with Crippen molar-refractivity contribution < 1.29 is 8.78 Å². The number of nitrogens with zero attached hydrogens (tertiary/aromatic N) is 4. The van der Waals surface area contributed by atoms with Crippen LogP contribution in [-0.2, 0) is 6.54 Å². The average Bonchev–Trinajstić information content (AvgIpc) is 2.82. The molecule has 0 unspecified atom stereocenters. The van der Waals surface area contributed by atoms with Crippen molar-refractivity contribution >= 4 is 11.0 Å². The van der Waals surface area contributed by atoms with Crippen molar-refractivity contribution in [3.63, 3.8) is 0 Å². The summed E-state index contributed by atoms with van der Waals surface area (Å²) in [7, 11) is 0. The van der Waals surface area contributed by atoms with E-state index in [2.05, 4.69) is 16.7 Å². The van der Waals surface area contributed by atoms with Crippen molar-refractivity contribution in [2.75, 3.05) is 0 Å². The third-order valence-corrected chi connectivity index (χ3v) is 2.75. The van der Waals surface area contributed by atoms with Crippen LogP contribution in [0.2, 0.25) is 0 Å². The maximum atomic E-state index is 13.6. The summed E-state index contributed by atoms with van der Waals surface area (Å²) in [5.41, 5.74) is 0.440. The van der Waals surface area contributed by atoms with Crippen LogP contribution in [-0.4, -0.2) is 14.8 Å². The Morgan fingerprint density at radius 2 is 2.29 bits per heavy atom. The Morgan fingerprint density at radius 1 is 1.48 bits per heavy atom. The Kier molecular flexibility index (Phi) is 4.57. The topological polar surface area (TPSA) is 54.5 Å². The van der Waals surface area contributed by atoms with Crippen molar-refractivity contribution in [1.29, 1.82) is 5.26 Å². The zero-order chi connectivity index (χ0) is 15.2. The SMILES string of the molecule is C=C/C=C\C=C(\F)CCn1nc(C#N)c2cc(F)cnc21. The molecule has 0 spiro atoms. The molecule has 0 amide bonds. The van der Waals surface area contributed by atoms with Gasteiger partial charge in [-0.1, -0.05) is 24.8 Å². The van der Waals surface area contributed by atoms with Crippen molar-refractivity contribution in [1.82, 2.24) is 14.8 Å². The number of allylic oxidation sites excluding steroid dienone is 5. The van der Waals surface area contributed by atoms with Crippen molar-refractivity contribution in [2.24, 2.45) is 0 Å². The van der Waals surface area contributed by atoms with Crippen LogP contribution in [0.5, 0.6) is 0 Å². The Morgan fingerprint density at radius 3 is 3.00 bits per heavy atom. The molecule has 2 heterocycles. The largest absolute Gasteiger partial charge is 0.246 e. The summed E-state index contributed by atoms with van der Waals surface area (Å²) < 4.78 is 28.1. The highest BCUT2D eigenvalue weighted by Gasteiger charge is 2.12. The molecule has 0 radical (unpaired) electrons. The van der Waals surface area contributed by atoms with E-state index >= 15 is 0 Å². The number of aromatic nitrogens is 3. The third-order valence-electron chi connectivity index (χ3n) is 2.75. The number of hydrogen-bond donors (Lipinski definition) is 0. The number of fused-ring (bicyclic) bond motifs is 1. The summed E-state index contributed by atoms with van der Waals surface area (Å²) in [5.74, 6) is -0.878. The zero-order valence-corrected chi connectivity index (χ0v) is 11.1. The van der Waals surface area contributed by atoms with Gasteiger partial charge in [0, 0.05) is 13.0 Å². The first-order chi connectivity index (χ1) is 10.2. The molecule has 0 bridgehead atoms. The van der Waals surface area contributed by atoms with Crippen LogP contribution in [0.15, 0.2) is 49.0 Å². The van der Waals surface area contributed by atoms with E-state index < -0.39 is 5.82 Å². The summed E-state index contributed by atoms with van der Waals surface area (Å²) in [6.45, 7) is 3.69. The van der Waals surface area contributed by atoms with Gasteiger partial charge in [0.05, 0.1) is 11.6 Å². The highest BCUT2D eigenvalue weighted by molar-refractivity contribution is 5.80. The van der Waals surface area contributed by atoms with E-state index in [1.165, 1.54) is 22.9 Å². The second-order valence-corrected chi connectivity index (χ2v) is 4.19. The quantitative estimate of drug-likeness (QED) is 0.791. The molecule has 2 aromatic heterocycles. The van der Waals surface area contributed by atoms with E-state index in [4.69, 9.17) is 5.26 Å². The second-order valence-electron chi connectivity index (χ2n) is 4.19. The van der Waals surface area contributed by atoms with Crippen molar-refractivity contribution in [3.8, 4) is 6.07 Å². The molecule has 0 atom stereocenters. The van der Waals surface area contributed by atoms with Crippen LogP contribution >= 0.6 is 0 Å². The Balaban J connectivity index is 2.23. The number of hydrogen-bond acceptors (Lipinski definition) is 3. The first-order valence-electron chi connectivity index (χ1n) is 6.21.